The van der Waals surface area contributed by atoms with E-state index in [4.69, 9.17) is 4.74 Å². The van der Waals surface area contributed by atoms with Crippen LogP contribution in [0.5, 0.6) is 0 Å². The molecule has 0 spiro atoms. The lowest BCUT2D eigenvalue weighted by Crippen LogP contribution is -2.44. The summed E-state index contributed by atoms with van der Waals surface area (Å²) in [5.74, 6) is 0. The van der Waals surface area contributed by atoms with Gasteiger partial charge in [-0.1, -0.05) is 18.2 Å². The Morgan fingerprint density at radius 3 is 2.62 bits per heavy atom. The van der Waals surface area contributed by atoms with Crippen molar-refractivity contribution in [3.8, 4) is 0 Å². The maximum Gasteiger partial charge on any atom is 0.410 e. The number of hydrogen-bond donors (Lipinski definition) is 0. The van der Waals surface area contributed by atoms with Crippen molar-refractivity contribution < 1.29 is 9.53 Å². The third kappa shape index (κ3) is 4.38. The zero-order valence-corrected chi connectivity index (χ0v) is 13.5. The van der Waals surface area contributed by atoms with Crippen LogP contribution in [0.15, 0.2) is 30.3 Å². The Labute approximate surface area is 127 Å². The lowest BCUT2D eigenvalue weighted by molar-refractivity contribution is 0.0232. The fourth-order valence-corrected chi connectivity index (χ4v) is 2.69. The van der Waals surface area contributed by atoms with E-state index in [0.29, 0.717) is 0 Å². The number of ether oxygens (including phenoxy) is 1. The summed E-state index contributed by atoms with van der Waals surface area (Å²) >= 11 is 0. The number of carbonyl (C=O) groups excluding carboxylic acids is 1. The molecule has 1 fully saturated rings. The van der Waals surface area contributed by atoms with E-state index in [1.165, 1.54) is 5.69 Å². The van der Waals surface area contributed by atoms with Gasteiger partial charge >= 0.3 is 6.09 Å². The Morgan fingerprint density at radius 1 is 1.33 bits per heavy atom. The smallest absolute Gasteiger partial charge is 0.410 e. The Morgan fingerprint density at radius 2 is 2.00 bits per heavy atom. The van der Waals surface area contributed by atoms with Gasteiger partial charge in [-0.3, -0.25) is 0 Å². The van der Waals surface area contributed by atoms with Crippen molar-refractivity contribution in [2.75, 3.05) is 25.0 Å². The van der Waals surface area contributed by atoms with Gasteiger partial charge in [0.05, 0.1) is 6.04 Å². The number of benzene rings is 1. The van der Waals surface area contributed by atoms with Crippen LogP contribution in [0.4, 0.5) is 10.5 Å². The Bertz CT molecular complexity index is 467. The largest absolute Gasteiger partial charge is 0.444 e. The minimum atomic E-state index is -0.435. The molecule has 1 aromatic rings. The molecule has 116 valence electrons. The molecule has 1 unspecified atom stereocenters. The summed E-state index contributed by atoms with van der Waals surface area (Å²) in [5.41, 5.74) is 0.740. The number of nitrogens with zero attached hydrogens (tertiary/aromatic N) is 2. The van der Waals surface area contributed by atoms with E-state index in [1.807, 2.05) is 43.9 Å². The summed E-state index contributed by atoms with van der Waals surface area (Å²) < 4.78 is 5.51. The first-order valence-corrected chi connectivity index (χ1v) is 7.62. The van der Waals surface area contributed by atoms with Gasteiger partial charge in [-0.25, -0.2) is 4.79 Å². The second kappa shape index (κ2) is 6.37. The van der Waals surface area contributed by atoms with Crippen LogP contribution in [0.3, 0.4) is 0 Å². The maximum absolute atomic E-state index is 12.3. The summed E-state index contributed by atoms with van der Waals surface area (Å²) in [7, 11) is 2.07. The monoisotopic (exact) mass is 290 g/mol. The maximum atomic E-state index is 12.3. The van der Waals surface area contributed by atoms with Crippen molar-refractivity contribution in [1.82, 2.24) is 4.90 Å². The van der Waals surface area contributed by atoms with Crippen LogP contribution in [0.2, 0.25) is 0 Å². The molecule has 0 N–H and O–H groups in total. The predicted molar refractivity (Wildman–Crippen MR) is 85.7 cm³/mol. The molecule has 0 bridgehead atoms. The van der Waals surface area contributed by atoms with Gasteiger partial charge in [-0.2, -0.15) is 0 Å². The summed E-state index contributed by atoms with van der Waals surface area (Å²) in [6, 6.07) is 10.5. The molecule has 1 atom stereocenters. The summed E-state index contributed by atoms with van der Waals surface area (Å²) in [4.78, 5) is 16.4. The van der Waals surface area contributed by atoms with Crippen molar-refractivity contribution >= 4 is 11.8 Å². The van der Waals surface area contributed by atoms with Crippen molar-refractivity contribution in [3.63, 3.8) is 0 Å². The topological polar surface area (TPSA) is 32.8 Å². The number of para-hydroxylation sites is 1. The van der Waals surface area contributed by atoms with E-state index in [-0.39, 0.29) is 12.1 Å². The number of likely N-dealkylation sites (N-methyl/N-ethyl adjacent to an activating group) is 1. The third-order valence-electron chi connectivity index (χ3n) is 3.69. The molecule has 21 heavy (non-hydrogen) atoms. The minimum absolute atomic E-state index is 0.188. The molecular formula is C17H26N2O2. The molecule has 0 saturated carbocycles. The van der Waals surface area contributed by atoms with Gasteiger partial charge < -0.3 is 14.5 Å². The van der Waals surface area contributed by atoms with Crippen molar-refractivity contribution in [2.24, 2.45) is 0 Å². The van der Waals surface area contributed by atoms with Crippen LogP contribution in [0, 0.1) is 0 Å². The van der Waals surface area contributed by atoms with E-state index in [1.54, 1.807) is 0 Å². The first kappa shape index (κ1) is 15.7. The predicted octanol–water partition coefficient (Wildman–Crippen LogP) is 3.52. The van der Waals surface area contributed by atoms with Gasteiger partial charge in [0.25, 0.3) is 0 Å². The van der Waals surface area contributed by atoms with E-state index >= 15 is 0 Å². The summed E-state index contributed by atoms with van der Waals surface area (Å²) in [6.07, 6.45) is 1.90. The average molecular weight is 290 g/mol. The van der Waals surface area contributed by atoms with Crippen LogP contribution in [-0.4, -0.2) is 42.8 Å². The van der Waals surface area contributed by atoms with Gasteiger partial charge in [-0.05, 0) is 45.7 Å². The van der Waals surface area contributed by atoms with E-state index in [2.05, 4.69) is 24.1 Å². The number of hydrogen-bond acceptors (Lipinski definition) is 3. The van der Waals surface area contributed by atoms with Crippen molar-refractivity contribution in [3.05, 3.63) is 30.3 Å². The molecule has 4 heteroatoms. The van der Waals surface area contributed by atoms with E-state index in [9.17, 15) is 4.79 Å². The van der Waals surface area contributed by atoms with Crippen LogP contribution >= 0.6 is 0 Å². The quantitative estimate of drug-likeness (QED) is 0.854. The molecule has 1 saturated heterocycles. The molecule has 4 nitrogen and oxygen atoms in total. The zero-order valence-electron chi connectivity index (χ0n) is 13.5. The number of carbonyl (C=O) groups is 1. The number of rotatable bonds is 3. The fraction of sp³-hybridized carbons (Fsp3) is 0.588. The van der Waals surface area contributed by atoms with Crippen LogP contribution in [0.25, 0.3) is 0 Å². The fourth-order valence-electron chi connectivity index (χ4n) is 2.69. The summed E-state index contributed by atoms with van der Waals surface area (Å²) in [6.45, 7) is 7.36. The number of anilines is 1. The van der Waals surface area contributed by atoms with Crippen molar-refractivity contribution in [2.45, 2.75) is 45.3 Å². The normalized spacial score (nSPS) is 18.7. The van der Waals surface area contributed by atoms with Crippen molar-refractivity contribution in [1.29, 1.82) is 0 Å². The first-order valence-electron chi connectivity index (χ1n) is 7.62. The van der Waals surface area contributed by atoms with E-state index in [0.717, 1.165) is 25.9 Å². The van der Waals surface area contributed by atoms with Gasteiger partial charge in [0.2, 0.25) is 0 Å². The zero-order chi connectivity index (χ0) is 15.5. The molecule has 1 heterocycles. The minimum Gasteiger partial charge on any atom is -0.444 e. The Kier molecular flexibility index (Phi) is 4.76. The second-order valence-electron chi connectivity index (χ2n) is 6.69. The molecule has 0 aromatic heterocycles. The van der Waals surface area contributed by atoms with Gasteiger partial charge in [0, 0.05) is 25.8 Å². The highest BCUT2D eigenvalue weighted by atomic mass is 16.6. The van der Waals surface area contributed by atoms with E-state index < -0.39 is 5.60 Å². The van der Waals surface area contributed by atoms with Crippen LogP contribution in [-0.2, 0) is 4.74 Å². The standard InChI is InChI=1S/C17H26N2O2/c1-17(2,3)21-16(20)19-12-8-11-15(19)13-18(4)14-9-6-5-7-10-14/h5-7,9-10,15H,8,11-13H2,1-4H3. The first-order chi connectivity index (χ1) is 9.87. The van der Waals surface area contributed by atoms with Crippen LogP contribution in [0.1, 0.15) is 33.6 Å². The Hall–Kier alpha value is -1.71. The van der Waals surface area contributed by atoms with Gasteiger partial charge in [0.1, 0.15) is 5.60 Å². The summed E-state index contributed by atoms with van der Waals surface area (Å²) in [5, 5.41) is 0. The Balaban J connectivity index is 1.97. The molecule has 0 aliphatic carbocycles. The molecule has 1 amide bonds. The van der Waals surface area contributed by atoms with Gasteiger partial charge in [0.15, 0.2) is 0 Å². The average Bonchev–Trinajstić information content (AvgIpc) is 2.86. The molecule has 1 aliphatic rings. The molecular weight excluding hydrogens is 264 g/mol. The number of likely N-dealkylation sites (tertiary alicyclic amines) is 1. The lowest BCUT2D eigenvalue weighted by atomic mass is 10.2. The highest BCUT2D eigenvalue weighted by Gasteiger charge is 2.32. The van der Waals surface area contributed by atoms with Gasteiger partial charge in [-0.15, -0.1) is 0 Å². The molecule has 1 aromatic carbocycles. The lowest BCUT2D eigenvalue weighted by Gasteiger charge is -2.31. The molecule has 1 aliphatic heterocycles. The SMILES string of the molecule is CN(CC1CCCN1C(=O)OC(C)(C)C)c1ccccc1. The highest BCUT2D eigenvalue weighted by molar-refractivity contribution is 5.69. The number of amides is 1. The molecule has 0 radical (unpaired) electrons. The van der Waals surface area contributed by atoms with Crippen LogP contribution < -0.4 is 4.90 Å². The third-order valence-corrected chi connectivity index (χ3v) is 3.69. The molecule has 2 rings (SSSR count). The second-order valence-corrected chi connectivity index (χ2v) is 6.69. The highest BCUT2D eigenvalue weighted by Crippen LogP contribution is 2.23.